The minimum atomic E-state index is 0.0694. The van der Waals surface area contributed by atoms with Crippen LogP contribution in [0.3, 0.4) is 0 Å². The number of nitrogens with one attached hydrogen (secondary N) is 2. The van der Waals surface area contributed by atoms with E-state index in [1.165, 1.54) is 6.42 Å². The van der Waals surface area contributed by atoms with E-state index in [9.17, 15) is 4.79 Å². The highest BCUT2D eigenvalue weighted by molar-refractivity contribution is 5.91. The number of anilines is 1. The summed E-state index contributed by atoms with van der Waals surface area (Å²) in [7, 11) is 0. The molecule has 0 radical (unpaired) electrons. The first-order valence-corrected chi connectivity index (χ1v) is 7.47. The molecule has 4 heteroatoms. The van der Waals surface area contributed by atoms with Crippen molar-refractivity contribution in [2.75, 3.05) is 11.9 Å². The van der Waals surface area contributed by atoms with Gasteiger partial charge in [-0.05, 0) is 57.0 Å². The second-order valence-electron chi connectivity index (χ2n) is 5.41. The molecule has 1 aromatic rings. The summed E-state index contributed by atoms with van der Waals surface area (Å²) >= 11 is 0. The van der Waals surface area contributed by atoms with E-state index < -0.39 is 0 Å². The molecule has 1 saturated heterocycles. The standard InChI is InChI=1S/C16H24N2O2/c1-3-12(2)20-15-8-6-13(7-9-15)18-16(19)11-14-5-4-10-17-14/h6-9,12,14,17H,3-5,10-11H2,1-2H3,(H,18,19). The second-order valence-corrected chi connectivity index (χ2v) is 5.41. The Labute approximate surface area is 120 Å². The van der Waals surface area contributed by atoms with Crippen LogP contribution in [0, 0.1) is 0 Å². The monoisotopic (exact) mass is 276 g/mol. The average Bonchev–Trinajstić information content (AvgIpc) is 2.93. The van der Waals surface area contributed by atoms with Crippen LogP contribution < -0.4 is 15.4 Å². The van der Waals surface area contributed by atoms with E-state index >= 15 is 0 Å². The summed E-state index contributed by atoms with van der Waals surface area (Å²) in [4.78, 5) is 11.9. The molecule has 110 valence electrons. The molecule has 1 aromatic carbocycles. The van der Waals surface area contributed by atoms with Crippen LogP contribution >= 0.6 is 0 Å². The predicted molar refractivity (Wildman–Crippen MR) is 81.1 cm³/mol. The van der Waals surface area contributed by atoms with E-state index in [1.807, 2.05) is 31.2 Å². The zero-order valence-corrected chi connectivity index (χ0v) is 12.3. The summed E-state index contributed by atoms with van der Waals surface area (Å²) in [6, 6.07) is 7.91. The molecule has 1 heterocycles. The summed E-state index contributed by atoms with van der Waals surface area (Å²) in [6.07, 6.45) is 4.00. The van der Waals surface area contributed by atoms with Gasteiger partial charge in [-0.25, -0.2) is 0 Å². The normalized spacial score (nSPS) is 19.6. The zero-order chi connectivity index (χ0) is 14.4. The molecule has 1 fully saturated rings. The van der Waals surface area contributed by atoms with Crippen LogP contribution in [-0.4, -0.2) is 24.6 Å². The number of ether oxygens (including phenoxy) is 1. The lowest BCUT2D eigenvalue weighted by molar-refractivity contribution is -0.116. The molecule has 1 aliphatic rings. The van der Waals surface area contributed by atoms with Gasteiger partial charge >= 0.3 is 0 Å². The maximum absolute atomic E-state index is 11.9. The van der Waals surface area contributed by atoms with Crippen molar-refractivity contribution >= 4 is 11.6 Å². The van der Waals surface area contributed by atoms with Gasteiger partial charge < -0.3 is 15.4 Å². The van der Waals surface area contributed by atoms with E-state index in [4.69, 9.17) is 4.74 Å². The van der Waals surface area contributed by atoms with E-state index in [0.29, 0.717) is 12.5 Å². The number of rotatable bonds is 6. The fraction of sp³-hybridized carbons (Fsp3) is 0.562. The number of benzene rings is 1. The molecule has 0 spiro atoms. The van der Waals surface area contributed by atoms with Crippen molar-refractivity contribution in [3.63, 3.8) is 0 Å². The van der Waals surface area contributed by atoms with Crippen LogP contribution in [0.5, 0.6) is 5.75 Å². The third-order valence-corrected chi connectivity index (χ3v) is 3.64. The molecule has 0 aliphatic carbocycles. The third kappa shape index (κ3) is 4.53. The lowest BCUT2D eigenvalue weighted by Crippen LogP contribution is -2.27. The molecule has 4 nitrogen and oxygen atoms in total. The highest BCUT2D eigenvalue weighted by Gasteiger charge is 2.17. The first-order valence-electron chi connectivity index (χ1n) is 7.47. The molecule has 2 atom stereocenters. The Morgan fingerprint density at radius 2 is 2.20 bits per heavy atom. The molecule has 1 amide bonds. The van der Waals surface area contributed by atoms with Crippen molar-refractivity contribution in [1.82, 2.24) is 5.32 Å². The highest BCUT2D eigenvalue weighted by Crippen LogP contribution is 2.18. The van der Waals surface area contributed by atoms with Gasteiger partial charge in [0.25, 0.3) is 0 Å². The first kappa shape index (κ1) is 14.9. The largest absolute Gasteiger partial charge is 0.491 e. The highest BCUT2D eigenvalue weighted by atomic mass is 16.5. The van der Waals surface area contributed by atoms with Gasteiger partial charge in [0.2, 0.25) is 5.91 Å². The van der Waals surface area contributed by atoms with Crippen molar-refractivity contribution in [3.8, 4) is 5.75 Å². The molecular weight excluding hydrogens is 252 g/mol. The Morgan fingerprint density at radius 3 is 2.80 bits per heavy atom. The maximum atomic E-state index is 11.9. The van der Waals surface area contributed by atoms with Gasteiger partial charge in [-0.3, -0.25) is 4.79 Å². The first-order chi connectivity index (χ1) is 9.67. The molecule has 0 bridgehead atoms. The van der Waals surface area contributed by atoms with Crippen molar-refractivity contribution in [2.45, 2.75) is 51.7 Å². The lowest BCUT2D eigenvalue weighted by atomic mass is 10.1. The summed E-state index contributed by atoms with van der Waals surface area (Å²) in [6.45, 7) is 5.17. The Bertz CT molecular complexity index is 425. The lowest BCUT2D eigenvalue weighted by Gasteiger charge is -2.13. The van der Waals surface area contributed by atoms with Crippen LogP contribution in [0.4, 0.5) is 5.69 Å². The van der Waals surface area contributed by atoms with Crippen LogP contribution in [0.25, 0.3) is 0 Å². The average molecular weight is 276 g/mol. The van der Waals surface area contributed by atoms with Crippen LogP contribution in [-0.2, 0) is 4.79 Å². The van der Waals surface area contributed by atoms with Gasteiger partial charge in [0.15, 0.2) is 0 Å². The van der Waals surface area contributed by atoms with Gasteiger partial charge in [0.05, 0.1) is 6.10 Å². The Balaban J connectivity index is 1.81. The number of hydrogen-bond donors (Lipinski definition) is 2. The van der Waals surface area contributed by atoms with Crippen molar-refractivity contribution < 1.29 is 9.53 Å². The van der Waals surface area contributed by atoms with Crippen molar-refractivity contribution in [1.29, 1.82) is 0 Å². The third-order valence-electron chi connectivity index (χ3n) is 3.64. The number of carbonyl (C=O) groups excluding carboxylic acids is 1. The number of amides is 1. The fourth-order valence-corrected chi connectivity index (χ4v) is 2.30. The molecular formula is C16H24N2O2. The quantitative estimate of drug-likeness (QED) is 0.840. The van der Waals surface area contributed by atoms with Gasteiger partial charge in [-0.15, -0.1) is 0 Å². The van der Waals surface area contributed by atoms with Crippen molar-refractivity contribution in [2.24, 2.45) is 0 Å². The minimum absolute atomic E-state index is 0.0694. The van der Waals surface area contributed by atoms with Crippen LogP contribution in [0.1, 0.15) is 39.5 Å². The van der Waals surface area contributed by atoms with Crippen LogP contribution in [0.2, 0.25) is 0 Å². The molecule has 0 saturated carbocycles. The fourth-order valence-electron chi connectivity index (χ4n) is 2.30. The Morgan fingerprint density at radius 1 is 1.45 bits per heavy atom. The minimum Gasteiger partial charge on any atom is -0.491 e. The van der Waals surface area contributed by atoms with E-state index in [1.54, 1.807) is 0 Å². The van der Waals surface area contributed by atoms with E-state index in [-0.39, 0.29) is 12.0 Å². The molecule has 1 aliphatic heterocycles. The van der Waals surface area contributed by atoms with E-state index in [0.717, 1.165) is 30.8 Å². The summed E-state index contributed by atoms with van der Waals surface area (Å²) in [5.74, 6) is 0.912. The molecule has 2 unspecified atom stereocenters. The SMILES string of the molecule is CCC(C)Oc1ccc(NC(=O)CC2CCCN2)cc1. The summed E-state index contributed by atoms with van der Waals surface area (Å²) in [5, 5.41) is 6.26. The number of carbonyl (C=O) groups is 1. The van der Waals surface area contributed by atoms with E-state index in [2.05, 4.69) is 17.6 Å². The maximum Gasteiger partial charge on any atom is 0.225 e. The zero-order valence-electron chi connectivity index (χ0n) is 12.3. The molecule has 2 rings (SSSR count). The van der Waals surface area contributed by atoms with Gasteiger partial charge in [0.1, 0.15) is 5.75 Å². The molecule has 2 N–H and O–H groups in total. The Hall–Kier alpha value is -1.55. The Kier molecular flexibility index (Phi) is 5.41. The van der Waals surface area contributed by atoms with Gasteiger partial charge in [-0.1, -0.05) is 6.92 Å². The van der Waals surface area contributed by atoms with Gasteiger partial charge in [0, 0.05) is 18.2 Å². The van der Waals surface area contributed by atoms with Gasteiger partial charge in [-0.2, -0.15) is 0 Å². The second kappa shape index (κ2) is 7.29. The van der Waals surface area contributed by atoms with Crippen molar-refractivity contribution in [3.05, 3.63) is 24.3 Å². The molecule has 20 heavy (non-hydrogen) atoms. The topological polar surface area (TPSA) is 50.4 Å². The molecule has 0 aromatic heterocycles. The predicted octanol–water partition coefficient (Wildman–Crippen LogP) is 2.94. The summed E-state index contributed by atoms with van der Waals surface area (Å²) in [5.41, 5.74) is 0.824. The van der Waals surface area contributed by atoms with Crippen LogP contribution in [0.15, 0.2) is 24.3 Å². The summed E-state index contributed by atoms with van der Waals surface area (Å²) < 4.78 is 5.71. The smallest absolute Gasteiger partial charge is 0.225 e. The number of hydrogen-bond acceptors (Lipinski definition) is 3.